The molecule has 2 aromatic carbocycles. The quantitative estimate of drug-likeness (QED) is 0.455. The van der Waals surface area contributed by atoms with Crippen LogP contribution in [-0.2, 0) is 6.42 Å². The van der Waals surface area contributed by atoms with Crippen LogP contribution in [0.3, 0.4) is 0 Å². The number of rotatable bonds is 3. The molecule has 0 saturated heterocycles. The molecule has 154 valence electrons. The van der Waals surface area contributed by atoms with Gasteiger partial charge in [-0.2, -0.15) is 10.4 Å². The molecule has 0 radical (unpaired) electrons. The second-order valence-corrected chi connectivity index (χ2v) is 9.38. The predicted molar refractivity (Wildman–Crippen MR) is 120 cm³/mol. The number of ketones is 1. The lowest BCUT2D eigenvalue weighted by atomic mass is 9.67. The van der Waals surface area contributed by atoms with Crippen LogP contribution in [0.1, 0.15) is 29.9 Å². The van der Waals surface area contributed by atoms with Crippen molar-refractivity contribution in [1.82, 2.24) is 14.8 Å². The van der Waals surface area contributed by atoms with Crippen LogP contribution in [0.4, 0.5) is 0 Å². The van der Waals surface area contributed by atoms with Crippen LogP contribution >= 0.6 is 11.3 Å². The number of carbonyl (C=O) groups is 1. The van der Waals surface area contributed by atoms with Gasteiger partial charge >= 0.3 is 0 Å². The maximum Gasteiger partial charge on any atom is 0.211 e. The molecule has 0 spiro atoms. The van der Waals surface area contributed by atoms with Crippen molar-refractivity contribution < 1.29 is 9.53 Å². The highest BCUT2D eigenvalue weighted by Gasteiger charge is 2.45. The Labute approximate surface area is 183 Å². The van der Waals surface area contributed by atoms with Crippen molar-refractivity contribution in [2.45, 2.75) is 20.3 Å². The van der Waals surface area contributed by atoms with Gasteiger partial charge in [-0.15, -0.1) is 0 Å². The van der Waals surface area contributed by atoms with E-state index in [1.807, 2.05) is 62.4 Å². The van der Waals surface area contributed by atoms with Crippen LogP contribution in [0.15, 0.2) is 48.5 Å². The number of nitrogens with zero attached hydrogens (tertiary/aromatic N) is 4. The topological polar surface area (TPSA) is 80.8 Å². The first kappa shape index (κ1) is 19.5. The summed E-state index contributed by atoms with van der Waals surface area (Å²) in [5.41, 5.74) is 3.05. The molecular formula is C24H20N4O2S. The molecule has 6 nitrogen and oxygen atoms in total. The number of Topliss-reactive ketones (excluding diaryl/α,β-unsaturated/α-hetero) is 1. The Kier molecular flexibility index (Phi) is 4.42. The van der Waals surface area contributed by atoms with Crippen LogP contribution in [-0.4, -0.2) is 27.7 Å². The Morgan fingerprint density at radius 3 is 2.77 bits per heavy atom. The zero-order chi connectivity index (χ0) is 21.8. The lowest BCUT2D eigenvalue weighted by Gasteiger charge is -2.33. The zero-order valence-corrected chi connectivity index (χ0v) is 18.2. The van der Waals surface area contributed by atoms with E-state index in [4.69, 9.17) is 14.8 Å². The molecular weight excluding hydrogens is 408 g/mol. The van der Waals surface area contributed by atoms with Crippen molar-refractivity contribution in [3.63, 3.8) is 0 Å². The van der Waals surface area contributed by atoms with Gasteiger partial charge in [-0.1, -0.05) is 49.4 Å². The zero-order valence-electron chi connectivity index (χ0n) is 17.4. The highest BCUT2D eigenvalue weighted by molar-refractivity contribution is 7.20. The van der Waals surface area contributed by atoms with Gasteiger partial charge in [0.25, 0.3) is 0 Å². The molecule has 7 heteroatoms. The summed E-state index contributed by atoms with van der Waals surface area (Å²) in [4.78, 5) is 18.3. The van der Waals surface area contributed by atoms with Crippen LogP contribution in [0, 0.1) is 22.7 Å². The molecule has 0 amide bonds. The van der Waals surface area contributed by atoms with E-state index < -0.39 is 11.3 Å². The number of methoxy groups -OCH3 is 1. The minimum Gasteiger partial charge on any atom is -0.497 e. The number of hydrogen-bond donors (Lipinski definition) is 0. The second-order valence-electron chi connectivity index (χ2n) is 8.37. The van der Waals surface area contributed by atoms with Crippen molar-refractivity contribution in [3.05, 3.63) is 59.8 Å². The maximum absolute atomic E-state index is 13.5. The number of ether oxygens (including phenoxy) is 1. The number of carbonyl (C=O) groups excluding carboxylic acids is 1. The SMILES string of the molecule is COc1cccc(-c2nn(-c3nc4ccccc4s3)c3c2C(=O)C(C#N)C(C)(C)C3)c1. The van der Waals surface area contributed by atoms with E-state index in [0.29, 0.717) is 28.6 Å². The molecule has 4 aromatic rings. The molecule has 1 unspecified atom stereocenters. The normalized spacial score (nSPS) is 17.4. The Balaban J connectivity index is 1.79. The van der Waals surface area contributed by atoms with E-state index in [-0.39, 0.29) is 5.78 Å². The summed E-state index contributed by atoms with van der Waals surface area (Å²) < 4.78 is 8.22. The number of hydrogen-bond acceptors (Lipinski definition) is 6. The van der Waals surface area contributed by atoms with Crippen molar-refractivity contribution >= 4 is 27.3 Å². The van der Waals surface area contributed by atoms with Crippen molar-refractivity contribution in [2.75, 3.05) is 7.11 Å². The lowest BCUT2D eigenvalue weighted by molar-refractivity contribution is 0.0835. The molecule has 1 atom stereocenters. The van der Waals surface area contributed by atoms with Gasteiger partial charge in [0, 0.05) is 5.56 Å². The highest BCUT2D eigenvalue weighted by Crippen LogP contribution is 2.44. The molecule has 0 fully saturated rings. The smallest absolute Gasteiger partial charge is 0.211 e. The largest absolute Gasteiger partial charge is 0.497 e. The molecule has 5 rings (SSSR count). The summed E-state index contributed by atoms with van der Waals surface area (Å²) in [5, 5.41) is 15.3. The third-order valence-electron chi connectivity index (χ3n) is 5.83. The van der Waals surface area contributed by atoms with Crippen LogP contribution in [0.2, 0.25) is 0 Å². The van der Waals surface area contributed by atoms with Gasteiger partial charge in [-0.25, -0.2) is 9.67 Å². The summed E-state index contributed by atoms with van der Waals surface area (Å²) in [6, 6.07) is 17.6. The van der Waals surface area contributed by atoms with Gasteiger partial charge in [-0.3, -0.25) is 4.79 Å². The van der Waals surface area contributed by atoms with Crippen LogP contribution in [0.25, 0.3) is 26.6 Å². The van der Waals surface area contributed by atoms with Gasteiger partial charge in [0.05, 0.1) is 34.7 Å². The molecule has 0 saturated carbocycles. The molecule has 0 N–H and O–H groups in total. The number of fused-ring (bicyclic) bond motifs is 2. The Bertz CT molecular complexity index is 1340. The number of para-hydroxylation sites is 1. The summed E-state index contributed by atoms with van der Waals surface area (Å²) in [5.74, 6) is -0.225. The van der Waals surface area contributed by atoms with E-state index in [1.54, 1.807) is 11.8 Å². The summed E-state index contributed by atoms with van der Waals surface area (Å²) in [7, 11) is 1.60. The average molecular weight is 429 g/mol. The highest BCUT2D eigenvalue weighted by atomic mass is 32.1. The fraction of sp³-hybridized carbons (Fsp3) is 0.250. The first-order valence-corrected chi connectivity index (χ1v) is 10.8. The molecule has 0 aliphatic heterocycles. The third kappa shape index (κ3) is 3.03. The summed E-state index contributed by atoms with van der Waals surface area (Å²) in [6.07, 6.45) is 0.555. The van der Waals surface area contributed by atoms with Crippen molar-refractivity contribution in [3.8, 4) is 28.2 Å². The number of aromatic nitrogens is 3. The van der Waals surface area contributed by atoms with E-state index in [2.05, 4.69) is 6.07 Å². The van der Waals surface area contributed by atoms with Crippen LogP contribution in [0.5, 0.6) is 5.75 Å². The fourth-order valence-corrected chi connectivity index (χ4v) is 5.17. The van der Waals surface area contributed by atoms with Crippen molar-refractivity contribution in [2.24, 2.45) is 11.3 Å². The standard InChI is InChI=1S/C24H20N4O2S/c1-24(2)12-18-20(22(29)16(24)13-25)21(14-7-6-8-15(11-14)30-3)27-28(18)23-26-17-9-4-5-10-19(17)31-23/h4-11,16H,12H2,1-3H3. The first-order chi connectivity index (χ1) is 14.9. The minimum atomic E-state index is -0.725. The van der Waals surface area contributed by atoms with Gasteiger partial charge < -0.3 is 4.74 Å². The summed E-state index contributed by atoms with van der Waals surface area (Å²) >= 11 is 1.54. The minimum absolute atomic E-state index is 0.182. The summed E-state index contributed by atoms with van der Waals surface area (Å²) in [6.45, 7) is 3.92. The van der Waals surface area contributed by atoms with Gasteiger partial charge in [0.2, 0.25) is 5.13 Å². The predicted octanol–water partition coefficient (Wildman–Crippen LogP) is 5.06. The molecule has 2 aromatic heterocycles. The third-order valence-corrected chi connectivity index (χ3v) is 6.84. The Hall–Kier alpha value is -3.50. The van der Waals surface area contributed by atoms with E-state index in [1.165, 1.54) is 11.3 Å². The monoisotopic (exact) mass is 428 g/mol. The number of thiazole rings is 1. The van der Waals surface area contributed by atoms with Gasteiger partial charge in [0.15, 0.2) is 5.78 Å². The molecule has 1 aliphatic rings. The first-order valence-electron chi connectivity index (χ1n) is 9.99. The number of nitriles is 1. The van der Waals surface area contributed by atoms with E-state index in [9.17, 15) is 10.1 Å². The maximum atomic E-state index is 13.5. The molecule has 0 bridgehead atoms. The molecule has 1 aliphatic carbocycles. The van der Waals surface area contributed by atoms with Crippen molar-refractivity contribution in [1.29, 1.82) is 5.26 Å². The number of benzene rings is 2. The Morgan fingerprint density at radius 1 is 1.23 bits per heavy atom. The molecule has 2 heterocycles. The van der Waals surface area contributed by atoms with Gasteiger partial charge in [-0.05, 0) is 36.1 Å². The van der Waals surface area contributed by atoms with E-state index >= 15 is 0 Å². The van der Waals surface area contributed by atoms with E-state index in [0.717, 1.165) is 21.5 Å². The lowest BCUT2D eigenvalue weighted by Crippen LogP contribution is -2.37. The van der Waals surface area contributed by atoms with Crippen LogP contribution < -0.4 is 4.74 Å². The molecule has 31 heavy (non-hydrogen) atoms. The average Bonchev–Trinajstić information content (AvgIpc) is 3.34. The Morgan fingerprint density at radius 2 is 2.03 bits per heavy atom. The second kappa shape index (κ2) is 7.03. The van der Waals surface area contributed by atoms with Gasteiger partial charge in [0.1, 0.15) is 17.4 Å². The fourth-order valence-electron chi connectivity index (χ4n) is 4.22.